The minimum absolute atomic E-state index is 0.0456. The number of benzene rings is 2. The molecule has 0 N–H and O–H groups in total. The zero-order valence-corrected chi connectivity index (χ0v) is 12.0. The summed E-state index contributed by atoms with van der Waals surface area (Å²) in [4.78, 5) is 2.04. The van der Waals surface area contributed by atoms with E-state index in [0.29, 0.717) is 12.1 Å². The highest BCUT2D eigenvalue weighted by Crippen LogP contribution is 2.22. The van der Waals surface area contributed by atoms with Crippen molar-refractivity contribution in [3.63, 3.8) is 0 Å². The van der Waals surface area contributed by atoms with Gasteiger partial charge in [0.1, 0.15) is 0 Å². The van der Waals surface area contributed by atoms with E-state index >= 15 is 0 Å². The fourth-order valence-corrected chi connectivity index (χ4v) is 2.14. The largest absolute Gasteiger partial charge is 0.295 e. The SMILES string of the molecule is CC(c1ccc(F)c(F)c1)N(C)Cc1ccc(C#N)cc1. The smallest absolute Gasteiger partial charge is 0.159 e. The Labute approximate surface area is 123 Å². The van der Waals surface area contributed by atoms with Gasteiger partial charge in [-0.3, -0.25) is 4.90 Å². The number of hydrogen-bond donors (Lipinski definition) is 0. The van der Waals surface area contributed by atoms with Gasteiger partial charge >= 0.3 is 0 Å². The molecule has 0 aliphatic carbocycles. The molecule has 0 aliphatic heterocycles. The molecule has 2 aromatic rings. The molecule has 108 valence electrons. The van der Waals surface area contributed by atoms with Crippen molar-refractivity contribution in [1.82, 2.24) is 4.90 Å². The van der Waals surface area contributed by atoms with Gasteiger partial charge in [0.25, 0.3) is 0 Å². The molecule has 0 radical (unpaired) electrons. The summed E-state index contributed by atoms with van der Waals surface area (Å²) in [6.45, 7) is 2.60. The van der Waals surface area contributed by atoms with E-state index in [1.54, 1.807) is 18.2 Å². The first-order chi connectivity index (χ1) is 10.0. The second-order valence-corrected chi connectivity index (χ2v) is 5.07. The number of hydrogen-bond acceptors (Lipinski definition) is 2. The molecule has 0 aromatic heterocycles. The van der Waals surface area contributed by atoms with Crippen LogP contribution in [0.3, 0.4) is 0 Å². The van der Waals surface area contributed by atoms with Crippen LogP contribution >= 0.6 is 0 Å². The molecule has 1 atom stereocenters. The molecule has 0 aliphatic rings. The fourth-order valence-electron chi connectivity index (χ4n) is 2.14. The van der Waals surface area contributed by atoms with Crippen LogP contribution in [0.5, 0.6) is 0 Å². The Morgan fingerprint density at radius 1 is 1.10 bits per heavy atom. The van der Waals surface area contributed by atoms with Crippen molar-refractivity contribution in [3.8, 4) is 6.07 Å². The van der Waals surface area contributed by atoms with Crippen LogP contribution in [0.2, 0.25) is 0 Å². The Morgan fingerprint density at radius 2 is 1.76 bits per heavy atom. The van der Waals surface area contributed by atoms with E-state index in [-0.39, 0.29) is 6.04 Å². The van der Waals surface area contributed by atoms with Gasteiger partial charge in [0.2, 0.25) is 0 Å². The van der Waals surface area contributed by atoms with Gasteiger partial charge in [-0.1, -0.05) is 18.2 Å². The quantitative estimate of drug-likeness (QED) is 0.848. The first kappa shape index (κ1) is 15.1. The van der Waals surface area contributed by atoms with E-state index in [1.165, 1.54) is 6.07 Å². The zero-order valence-electron chi connectivity index (χ0n) is 12.0. The van der Waals surface area contributed by atoms with Crippen molar-refractivity contribution in [2.24, 2.45) is 0 Å². The third kappa shape index (κ3) is 3.65. The highest BCUT2D eigenvalue weighted by atomic mass is 19.2. The van der Waals surface area contributed by atoms with Crippen LogP contribution in [0.15, 0.2) is 42.5 Å². The molecule has 0 saturated heterocycles. The van der Waals surface area contributed by atoms with Gasteiger partial charge in [0.15, 0.2) is 11.6 Å². The van der Waals surface area contributed by atoms with Crippen molar-refractivity contribution < 1.29 is 8.78 Å². The molecule has 0 fully saturated rings. The summed E-state index contributed by atoms with van der Waals surface area (Å²) >= 11 is 0. The van der Waals surface area contributed by atoms with Gasteiger partial charge in [-0.2, -0.15) is 5.26 Å². The first-order valence-corrected chi connectivity index (χ1v) is 6.65. The van der Waals surface area contributed by atoms with E-state index in [1.807, 2.05) is 31.0 Å². The Hall–Kier alpha value is -2.25. The van der Waals surface area contributed by atoms with Gasteiger partial charge in [0, 0.05) is 12.6 Å². The molecule has 0 saturated carbocycles. The molecular weight excluding hydrogens is 270 g/mol. The number of nitrogens with zero attached hydrogens (tertiary/aromatic N) is 2. The average Bonchev–Trinajstić information content (AvgIpc) is 2.50. The highest BCUT2D eigenvalue weighted by Gasteiger charge is 2.14. The summed E-state index contributed by atoms with van der Waals surface area (Å²) in [5, 5.41) is 8.77. The molecule has 0 bridgehead atoms. The van der Waals surface area contributed by atoms with E-state index in [0.717, 1.165) is 17.2 Å². The average molecular weight is 286 g/mol. The van der Waals surface area contributed by atoms with Crippen LogP contribution in [-0.4, -0.2) is 11.9 Å². The van der Waals surface area contributed by atoms with Crippen LogP contribution in [0, 0.1) is 23.0 Å². The summed E-state index contributed by atoms with van der Waals surface area (Å²) in [6, 6.07) is 13.3. The van der Waals surface area contributed by atoms with E-state index in [4.69, 9.17) is 5.26 Å². The van der Waals surface area contributed by atoms with Crippen LogP contribution in [0.25, 0.3) is 0 Å². The summed E-state index contributed by atoms with van der Waals surface area (Å²) in [7, 11) is 1.92. The van der Waals surface area contributed by atoms with Crippen molar-refractivity contribution in [2.45, 2.75) is 19.5 Å². The third-order valence-corrected chi connectivity index (χ3v) is 3.60. The van der Waals surface area contributed by atoms with Crippen LogP contribution in [0.4, 0.5) is 8.78 Å². The topological polar surface area (TPSA) is 27.0 Å². The number of halogens is 2. The van der Waals surface area contributed by atoms with Crippen LogP contribution in [0.1, 0.15) is 29.7 Å². The third-order valence-electron chi connectivity index (χ3n) is 3.60. The summed E-state index contributed by atoms with van der Waals surface area (Å²) in [5.74, 6) is -1.66. The van der Waals surface area contributed by atoms with Gasteiger partial charge in [-0.25, -0.2) is 8.78 Å². The molecule has 1 unspecified atom stereocenters. The Balaban J connectivity index is 2.09. The maximum Gasteiger partial charge on any atom is 0.159 e. The summed E-state index contributed by atoms with van der Waals surface area (Å²) < 4.78 is 26.3. The van der Waals surface area contributed by atoms with E-state index < -0.39 is 11.6 Å². The van der Waals surface area contributed by atoms with Gasteiger partial charge in [0.05, 0.1) is 11.6 Å². The summed E-state index contributed by atoms with van der Waals surface area (Å²) in [6.07, 6.45) is 0. The molecule has 21 heavy (non-hydrogen) atoms. The second-order valence-electron chi connectivity index (χ2n) is 5.07. The molecule has 2 nitrogen and oxygen atoms in total. The predicted octanol–water partition coefficient (Wildman–Crippen LogP) is 4.03. The van der Waals surface area contributed by atoms with E-state index in [9.17, 15) is 8.78 Å². The Kier molecular flexibility index (Phi) is 4.66. The lowest BCUT2D eigenvalue weighted by atomic mass is 10.1. The monoisotopic (exact) mass is 286 g/mol. The van der Waals surface area contributed by atoms with Crippen molar-refractivity contribution in [1.29, 1.82) is 5.26 Å². The molecule has 0 spiro atoms. The van der Waals surface area contributed by atoms with Crippen molar-refractivity contribution >= 4 is 0 Å². The maximum absolute atomic E-state index is 13.3. The predicted molar refractivity (Wildman–Crippen MR) is 77.4 cm³/mol. The fraction of sp³-hybridized carbons (Fsp3) is 0.235. The Morgan fingerprint density at radius 3 is 2.33 bits per heavy atom. The van der Waals surface area contributed by atoms with Gasteiger partial charge < -0.3 is 0 Å². The first-order valence-electron chi connectivity index (χ1n) is 6.65. The van der Waals surface area contributed by atoms with Crippen molar-refractivity contribution in [2.75, 3.05) is 7.05 Å². The molecular formula is C17H16F2N2. The summed E-state index contributed by atoms with van der Waals surface area (Å²) in [5.41, 5.74) is 2.41. The van der Waals surface area contributed by atoms with Gasteiger partial charge in [-0.15, -0.1) is 0 Å². The normalized spacial score (nSPS) is 12.2. The zero-order chi connectivity index (χ0) is 15.4. The van der Waals surface area contributed by atoms with Gasteiger partial charge in [-0.05, 0) is 49.4 Å². The molecule has 4 heteroatoms. The lowest BCUT2D eigenvalue weighted by Crippen LogP contribution is -2.22. The van der Waals surface area contributed by atoms with Crippen LogP contribution in [-0.2, 0) is 6.54 Å². The van der Waals surface area contributed by atoms with Crippen molar-refractivity contribution in [3.05, 3.63) is 70.8 Å². The molecule has 0 amide bonds. The highest BCUT2D eigenvalue weighted by molar-refractivity contribution is 5.31. The lowest BCUT2D eigenvalue weighted by Gasteiger charge is -2.25. The minimum atomic E-state index is -0.833. The molecule has 2 aromatic carbocycles. The number of rotatable bonds is 4. The minimum Gasteiger partial charge on any atom is -0.295 e. The Bertz CT molecular complexity index is 659. The number of nitriles is 1. The molecule has 0 heterocycles. The second kappa shape index (κ2) is 6.47. The lowest BCUT2D eigenvalue weighted by molar-refractivity contribution is 0.252. The maximum atomic E-state index is 13.3. The van der Waals surface area contributed by atoms with Crippen LogP contribution < -0.4 is 0 Å². The standard InChI is InChI=1S/C17H16F2N2/c1-12(15-7-8-16(18)17(19)9-15)21(2)11-14-5-3-13(10-20)4-6-14/h3-9,12H,11H2,1-2H3. The van der Waals surface area contributed by atoms with E-state index in [2.05, 4.69) is 6.07 Å². The molecule has 2 rings (SSSR count).